The Bertz CT molecular complexity index is 5300. The van der Waals surface area contributed by atoms with Crippen LogP contribution in [0.2, 0.25) is 5.02 Å². The van der Waals surface area contributed by atoms with E-state index in [9.17, 15) is 51.3 Å². The number of nitrogens with two attached hydrogens (primary N) is 1. The molecule has 0 bridgehead atoms. The van der Waals surface area contributed by atoms with Crippen LogP contribution in [0.1, 0.15) is 81.8 Å². The maximum absolute atomic E-state index is 16.3. The standard InChI is InChI=1S/C86H104ClFN14O20S2/c1-14-43-117-84(109)100(10)49-58-46-59(95-76(103)64(23-19-33-91-81(89)106)96-77(104)73(53(2)3)97-82(107)122-86(5,6)7)28-26-57(58)50-119-83(108)98(8)35-36-99(9)85(110)121-68-48-56(27-30-63(68)88)74-70(61-29-31-67(72(87)54(61)4)116-44-39-101-37-41-102(11,42-38-101)40-20-45-124(111,112)113)71-78(92-52-93-79(71)123-74)120-69(80(105)115-13)47-55-21-15-17-24-65(55)118-51-60-32-34-90-75(94-60)62-22-16-18-25-66(62)114-12/h1,15-18,21-22,24-32,34,46,48,52-53,64,69,73H,19-20,23,33,35-45,47,49-51H2,2-13H3,(H6-,89,91,95,96,97,103,104,106,107,111,112,113)/p+1/t64-,69+,73-/m0/s1. The van der Waals surface area contributed by atoms with Gasteiger partial charge in [-0.3, -0.25) is 19.0 Å². The van der Waals surface area contributed by atoms with Gasteiger partial charge < -0.3 is 88.8 Å². The highest BCUT2D eigenvalue weighted by Crippen LogP contribution is 2.50. The quantitative estimate of drug-likeness (QED) is 0.00520. The summed E-state index contributed by atoms with van der Waals surface area (Å²) in [4.78, 5) is 133. The number of halogens is 2. The van der Waals surface area contributed by atoms with E-state index in [2.05, 4.69) is 49.1 Å². The fraction of sp³-hybridized carbons (Fsp3) is 0.419. The van der Waals surface area contributed by atoms with Crippen molar-refractivity contribution in [1.29, 1.82) is 0 Å². The van der Waals surface area contributed by atoms with Gasteiger partial charge in [-0.05, 0) is 134 Å². The fourth-order valence-electron chi connectivity index (χ4n) is 13.3. The smallest absolute Gasteiger partial charge is 0.415 e. The van der Waals surface area contributed by atoms with Gasteiger partial charge in [0.25, 0.3) is 10.1 Å². The Morgan fingerprint density at radius 3 is 2.19 bits per heavy atom. The van der Waals surface area contributed by atoms with E-state index in [-0.39, 0.29) is 94.2 Å². The van der Waals surface area contributed by atoms with Crippen LogP contribution in [0.4, 0.5) is 34.1 Å². The van der Waals surface area contributed by atoms with Crippen molar-refractivity contribution in [2.24, 2.45) is 11.7 Å². The minimum atomic E-state index is -4.07. The first-order valence-electron chi connectivity index (χ1n) is 39.7. The Hall–Kier alpha value is -12.2. The Balaban J connectivity index is 0.933. The molecule has 8 aromatic rings. The number of rotatable bonds is 39. The Morgan fingerprint density at radius 1 is 0.790 bits per heavy atom. The van der Waals surface area contributed by atoms with Crippen molar-refractivity contribution in [3.8, 4) is 74.2 Å². The van der Waals surface area contributed by atoms with Crippen LogP contribution in [0.3, 0.4) is 0 Å². The molecule has 3 aromatic heterocycles. The van der Waals surface area contributed by atoms with Crippen LogP contribution < -0.4 is 50.7 Å². The van der Waals surface area contributed by atoms with Crippen molar-refractivity contribution in [1.82, 2.24) is 55.5 Å². The number of amides is 8. The molecule has 1 aliphatic heterocycles. The number of benzene rings is 5. The summed E-state index contributed by atoms with van der Waals surface area (Å²) < 4.78 is 102. The van der Waals surface area contributed by atoms with E-state index >= 15 is 4.39 Å². The molecule has 124 heavy (non-hydrogen) atoms. The molecule has 7 N–H and O–H groups in total. The normalized spacial score (nSPS) is 13.3. The summed E-state index contributed by atoms with van der Waals surface area (Å²) >= 11 is 8.49. The molecule has 0 unspecified atom stereocenters. The lowest BCUT2D eigenvalue weighted by Gasteiger charge is -2.42. The Morgan fingerprint density at radius 2 is 1.50 bits per heavy atom. The number of quaternary nitrogens is 1. The van der Waals surface area contributed by atoms with Gasteiger partial charge in [0.05, 0.1) is 68.3 Å². The number of carbonyl (C=O) groups is 8. The number of primary amides is 1. The average molecular weight is 1770 g/mol. The second kappa shape index (κ2) is 44.2. The fourth-order valence-corrected chi connectivity index (χ4v) is 15.1. The molecule has 34 nitrogen and oxygen atoms in total. The SMILES string of the molecule is C#CCOC(=O)N(C)Cc1cc(NC(=O)[C@H](CCCNC(N)=O)NC(=O)[C@@H](NC(=O)OC(C)(C)C)C(C)C)ccc1COC(=O)N(C)CCN(C)C(=O)Oc1cc(-c2sc3ncnc(O[C@H](Cc4ccccc4OCc4ccnc(-c5ccccc5OC)n4)C(=O)OC)c3c2-c2ccc(OCCN3CC[N+](C)(CCCS(=O)(=O)O)CC3)c(Cl)c2C)ccc1F. The zero-order valence-electron chi connectivity index (χ0n) is 71.2. The minimum Gasteiger partial charge on any atom is -0.496 e. The number of aromatic nitrogens is 4. The lowest BCUT2D eigenvalue weighted by atomic mass is 9.95. The number of esters is 1. The summed E-state index contributed by atoms with van der Waals surface area (Å²) in [7, 11) is 5.02. The highest BCUT2D eigenvalue weighted by atomic mass is 35.5. The van der Waals surface area contributed by atoms with E-state index in [1.165, 1.54) is 68.6 Å². The number of thiophene rings is 1. The summed E-state index contributed by atoms with van der Waals surface area (Å²) in [5, 5.41) is 11.1. The number of likely N-dealkylation sites (N-methyl/N-ethyl adjacent to an activating group) is 3. The van der Waals surface area contributed by atoms with Crippen LogP contribution in [0.25, 0.3) is 43.2 Å². The van der Waals surface area contributed by atoms with Gasteiger partial charge in [0, 0.05) is 102 Å². The second-order valence-electron chi connectivity index (χ2n) is 31.0. The molecule has 3 atom stereocenters. The van der Waals surface area contributed by atoms with Crippen LogP contribution in [0.5, 0.6) is 28.9 Å². The Kier molecular flexibility index (Phi) is 34.1. The number of hydrogen-bond donors (Lipinski definition) is 6. The molecule has 8 amide bonds. The van der Waals surface area contributed by atoms with Gasteiger partial charge in [-0.25, -0.2) is 53.1 Å². The number of carbonyl (C=O) groups excluding carboxylic acids is 8. The number of terminal acetylenes is 1. The minimum absolute atomic E-state index is 0.00291. The molecule has 0 radical (unpaired) electrons. The van der Waals surface area contributed by atoms with Crippen molar-refractivity contribution in [3.05, 3.63) is 154 Å². The average Bonchev–Trinajstić information content (AvgIpc) is 1.59. The summed E-state index contributed by atoms with van der Waals surface area (Å²) in [6.07, 6.45) is 3.80. The number of hydrogen-bond acceptors (Lipinski definition) is 25. The first-order chi connectivity index (χ1) is 58.9. The molecule has 1 aliphatic rings. The largest absolute Gasteiger partial charge is 0.496 e. The third-order valence-corrected chi connectivity index (χ3v) is 22.5. The predicted octanol–water partition coefficient (Wildman–Crippen LogP) is 11.1. The van der Waals surface area contributed by atoms with E-state index in [4.69, 9.17) is 76.4 Å². The van der Waals surface area contributed by atoms with Crippen LogP contribution in [0.15, 0.2) is 116 Å². The summed E-state index contributed by atoms with van der Waals surface area (Å²) in [6, 6.07) is 25.1. The van der Waals surface area contributed by atoms with Crippen LogP contribution in [-0.2, 0) is 69.6 Å². The number of alkyl carbamates (subject to hydrolysis) is 1. The molecule has 0 spiro atoms. The molecule has 0 saturated carbocycles. The van der Waals surface area contributed by atoms with Crippen molar-refractivity contribution in [3.63, 3.8) is 0 Å². The maximum atomic E-state index is 16.3. The molecular formula is C86H105ClFN14O20S2+. The number of nitrogens with zero attached hydrogens (tertiary/aromatic N) is 9. The van der Waals surface area contributed by atoms with Crippen molar-refractivity contribution in [2.45, 2.75) is 111 Å². The van der Waals surface area contributed by atoms with E-state index in [0.29, 0.717) is 112 Å². The molecular weight excluding hydrogens is 1670 g/mol. The molecule has 5 aromatic carbocycles. The van der Waals surface area contributed by atoms with Crippen LogP contribution in [-0.4, -0.2) is 249 Å². The molecule has 664 valence electrons. The van der Waals surface area contributed by atoms with E-state index in [0.717, 1.165) is 48.5 Å². The topological polar surface area (TPSA) is 413 Å². The lowest BCUT2D eigenvalue weighted by Crippen LogP contribution is -2.58. The van der Waals surface area contributed by atoms with Gasteiger partial charge in [-0.15, -0.1) is 17.8 Å². The molecule has 9 rings (SSSR count). The number of urea groups is 1. The van der Waals surface area contributed by atoms with Gasteiger partial charge in [0.15, 0.2) is 24.0 Å². The number of ether oxygens (including phenoxy) is 9. The summed E-state index contributed by atoms with van der Waals surface area (Å²) in [6.45, 7) is 13.4. The van der Waals surface area contributed by atoms with E-state index in [1.807, 2.05) is 24.3 Å². The monoisotopic (exact) mass is 1770 g/mol. The number of piperazine rings is 1. The van der Waals surface area contributed by atoms with Gasteiger partial charge in [0.2, 0.25) is 23.8 Å². The van der Waals surface area contributed by atoms with Crippen molar-refractivity contribution >= 4 is 97.1 Å². The third kappa shape index (κ3) is 27.4. The lowest BCUT2D eigenvalue weighted by molar-refractivity contribution is -0.913. The zero-order chi connectivity index (χ0) is 90.2. The van der Waals surface area contributed by atoms with Gasteiger partial charge in [-0.2, -0.15) is 8.42 Å². The highest BCUT2D eigenvalue weighted by molar-refractivity contribution is 7.85. The molecule has 1 saturated heterocycles. The van der Waals surface area contributed by atoms with Crippen LogP contribution >= 0.6 is 22.9 Å². The van der Waals surface area contributed by atoms with E-state index in [1.54, 1.807) is 103 Å². The third-order valence-electron chi connectivity index (χ3n) is 20.1. The molecule has 1 fully saturated rings. The first kappa shape index (κ1) is 95.6. The molecule has 0 aliphatic carbocycles. The number of methoxy groups -OCH3 is 2. The molecule has 4 heterocycles. The summed E-state index contributed by atoms with van der Waals surface area (Å²) in [5.41, 5.74) is 8.95. The first-order valence-corrected chi connectivity index (χ1v) is 42.5. The molecule has 38 heteroatoms. The number of anilines is 1. The van der Waals surface area contributed by atoms with Gasteiger partial charge >= 0.3 is 36.4 Å². The number of nitrogens with one attached hydrogen (secondary N) is 4. The number of fused-ring (bicyclic) bond motifs is 1. The zero-order valence-corrected chi connectivity index (χ0v) is 73.6. The van der Waals surface area contributed by atoms with Crippen molar-refractivity contribution in [2.75, 3.05) is 126 Å². The van der Waals surface area contributed by atoms with E-state index < -0.39 is 99.6 Å². The highest BCUT2D eigenvalue weighted by Gasteiger charge is 2.35. The van der Waals surface area contributed by atoms with Crippen molar-refractivity contribution < 1.29 is 103 Å². The maximum Gasteiger partial charge on any atom is 0.415 e. The van der Waals surface area contributed by atoms with Crippen LogP contribution in [0, 0.1) is 31.0 Å². The number of para-hydroxylation sites is 2. The van der Waals surface area contributed by atoms with Gasteiger partial charge in [0.1, 0.15) is 65.9 Å². The van der Waals surface area contributed by atoms with Gasteiger partial charge in [-0.1, -0.05) is 79.9 Å². The second-order valence-corrected chi connectivity index (χ2v) is 33.9. The predicted molar refractivity (Wildman–Crippen MR) is 462 cm³/mol. The summed E-state index contributed by atoms with van der Waals surface area (Å²) in [5.74, 6) is -0.318. The Labute approximate surface area is 728 Å².